The highest BCUT2D eigenvalue weighted by Crippen LogP contribution is 2.38. The Morgan fingerprint density at radius 3 is 2.29 bits per heavy atom. The first kappa shape index (κ1) is 16.8. The van der Waals surface area contributed by atoms with E-state index >= 15 is 0 Å². The van der Waals surface area contributed by atoms with Crippen LogP contribution in [0.1, 0.15) is 40.3 Å². The Morgan fingerprint density at radius 1 is 0.917 bits per heavy atom. The van der Waals surface area contributed by atoms with Crippen molar-refractivity contribution >= 4 is 11.8 Å². The van der Waals surface area contributed by atoms with Crippen molar-refractivity contribution in [2.45, 2.75) is 44.8 Å². The summed E-state index contributed by atoms with van der Waals surface area (Å²) in [6.45, 7) is 10.6. The van der Waals surface area contributed by atoms with E-state index in [-0.39, 0.29) is 5.25 Å². The van der Waals surface area contributed by atoms with Gasteiger partial charge in [0.05, 0.1) is 5.25 Å². The van der Waals surface area contributed by atoms with Crippen molar-refractivity contribution in [2.24, 2.45) is 0 Å². The third-order valence-corrected chi connectivity index (χ3v) is 5.39. The monoisotopic (exact) mass is 338 g/mol. The van der Waals surface area contributed by atoms with Gasteiger partial charge in [0.15, 0.2) is 0 Å². The fourth-order valence-electron chi connectivity index (χ4n) is 2.87. The molecule has 124 valence electrons. The molecule has 3 rings (SSSR count). The van der Waals surface area contributed by atoms with Gasteiger partial charge in [-0.15, -0.1) is 22.0 Å². The van der Waals surface area contributed by atoms with E-state index in [0.29, 0.717) is 11.8 Å². The first-order chi connectivity index (χ1) is 11.4. The number of thioether (sulfide) groups is 1. The lowest BCUT2D eigenvalue weighted by Crippen LogP contribution is -1.93. The Labute approximate surface area is 147 Å². The Morgan fingerprint density at radius 2 is 1.62 bits per heavy atom. The third-order valence-electron chi connectivity index (χ3n) is 3.95. The highest BCUT2D eigenvalue weighted by molar-refractivity contribution is 7.99. The van der Waals surface area contributed by atoms with Gasteiger partial charge in [-0.05, 0) is 57.9 Å². The van der Waals surface area contributed by atoms with Crippen LogP contribution in [0.3, 0.4) is 0 Å². The van der Waals surface area contributed by atoms with Gasteiger partial charge in [0.2, 0.25) is 11.8 Å². The van der Waals surface area contributed by atoms with Gasteiger partial charge in [-0.2, -0.15) is 0 Å². The van der Waals surface area contributed by atoms with Crippen molar-refractivity contribution in [3.05, 3.63) is 64.5 Å². The Bertz CT molecular complexity index is 847. The molecule has 2 aromatic carbocycles. The molecule has 0 aliphatic heterocycles. The summed E-state index contributed by atoms with van der Waals surface area (Å²) in [4.78, 5) is 1.29. The lowest BCUT2D eigenvalue weighted by molar-refractivity contribution is 0.509. The Hall–Kier alpha value is -2.07. The molecule has 1 aromatic heterocycles. The summed E-state index contributed by atoms with van der Waals surface area (Å²) >= 11 is 1.77. The zero-order chi connectivity index (χ0) is 17.3. The van der Waals surface area contributed by atoms with Crippen LogP contribution in [-0.2, 0) is 0 Å². The molecule has 4 heteroatoms. The van der Waals surface area contributed by atoms with E-state index in [0.717, 1.165) is 5.56 Å². The maximum atomic E-state index is 5.92. The molecule has 0 bridgehead atoms. The second-order valence-corrected chi connectivity index (χ2v) is 7.65. The molecule has 0 N–H and O–H groups in total. The number of nitrogens with zero attached hydrogens (tertiary/aromatic N) is 2. The second kappa shape index (κ2) is 6.81. The van der Waals surface area contributed by atoms with E-state index in [4.69, 9.17) is 4.42 Å². The Balaban J connectivity index is 1.83. The summed E-state index contributed by atoms with van der Waals surface area (Å²) in [6, 6.07) is 12.6. The van der Waals surface area contributed by atoms with E-state index in [1.807, 2.05) is 12.1 Å². The largest absolute Gasteiger partial charge is 0.419 e. The number of rotatable bonds is 4. The lowest BCUT2D eigenvalue weighted by Gasteiger charge is -2.13. The minimum absolute atomic E-state index is 0.108. The molecule has 24 heavy (non-hydrogen) atoms. The normalized spacial score (nSPS) is 12.4. The van der Waals surface area contributed by atoms with Crippen molar-refractivity contribution in [1.29, 1.82) is 0 Å². The molecule has 0 amide bonds. The van der Waals surface area contributed by atoms with Crippen molar-refractivity contribution in [3.8, 4) is 11.5 Å². The van der Waals surface area contributed by atoms with Gasteiger partial charge in [-0.25, -0.2) is 0 Å². The second-order valence-electron chi connectivity index (χ2n) is 6.30. The van der Waals surface area contributed by atoms with Gasteiger partial charge >= 0.3 is 0 Å². The first-order valence-electron chi connectivity index (χ1n) is 8.09. The number of aryl methyl sites for hydroxylation is 4. The number of benzene rings is 2. The topological polar surface area (TPSA) is 38.9 Å². The summed E-state index contributed by atoms with van der Waals surface area (Å²) < 4.78 is 5.92. The molecule has 0 spiro atoms. The van der Waals surface area contributed by atoms with E-state index in [2.05, 4.69) is 69.1 Å². The molecule has 0 saturated heterocycles. The van der Waals surface area contributed by atoms with Crippen LogP contribution in [0.15, 0.2) is 45.7 Å². The highest BCUT2D eigenvalue weighted by atomic mass is 32.2. The average molecular weight is 338 g/mol. The molecule has 1 atom stereocenters. The van der Waals surface area contributed by atoms with Crippen LogP contribution in [0.25, 0.3) is 11.5 Å². The summed E-state index contributed by atoms with van der Waals surface area (Å²) in [7, 11) is 0. The number of hydrogen-bond acceptors (Lipinski definition) is 4. The molecule has 3 nitrogen and oxygen atoms in total. The molecular formula is C20H22N2OS. The maximum Gasteiger partial charge on any atom is 0.247 e. The van der Waals surface area contributed by atoms with Gasteiger partial charge in [0.25, 0.3) is 0 Å². The minimum Gasteiger partial charge on any atom is -0.419 e. The van der Waals surface area contributed by atoms with Crippen LogP contribution in [0, 0.1) is 27.7 Å². The van der Waals surface area contributed by atoms with Crippen LogP contribution in [0.4, 0.5) is 0 Å². The van der Waals surface area contributed by atoms with Crippen molar-refractivity contribution in [3.63, 3.8) is 0 Å². The molecule has 0 saturated carbocycles. The van der Waals surface area contributed by atoms with Crippen LogP contribution >= 0.6 is 11.8 Å². The highest BCUT2D eigenvalue weighted by Gasteiger charge is 2.18. The molecule has 1 heterocycles. The number of aromatic nitrogens is 2. The van der Waals surface area contributed by atoms with Crippen LogP contribution in [-0.4, -0.2) is 10.2 Å². The zero-order valence-corrected chi connectivity index (χ0v) is 15.6. The van der Waals surface area contributed by atoms with E-state index in [1.54, 1.807) is 11.8 Å². The fraction of sp³-hybridized carbons (Fsp3) is 0.300. The quantitative estimate of drug-likeness (QED) is 0.562. The van der Waals surface area contributed by atoms with E-state index < -0.39 is 0 Å². The van der Waals surface area contributed by atoms with Crippen LogP contribution < -0.4 is 0 Å². The zero-order valence-electron chi connectivity index (χ0n) is 14.8. The third kappa shape index (κ3) is 3.54. The van der Waals surface area contributed by atoms with Crippen LogP contribution in [0.2, 0.25) is 0 Å². The number of hydrogen-bond donors (Lipinski definition) is 0. The van der Waals surface area contributed by atoms with Gasteiger partial charge < -0.3 is 4.42 Å². The van der Waals surface area contributed by atoms with Gasteiger partial charge in [0.1, 0.15) is 0 Å². The first-order valence-corrected chi connectivity index (χ1v) is 8.97. The van der Waals surface area contributed by atoms with Crippen LogP contribution in [0.5, 0.6) is 0 Å². The smallest absolute Gasteiger partial charge is 0.247 e. The molecule has 0 fully saturated rings. The lowest BCUT2D eigenvalue weighted by atomic mass is 10.1. The Kier molecular flexibility index (Phi) is 4.76. The molecular weight excluding hydrogens is 316 g/mol. The predicted octanol–water partition coefficient (Wildman–Crippen LogP) is 5.82. The maximum absolute atomic E-state index is 5.92. The SMILES string of the molecule is Cc1cccc(-c2nnc([C@@H](C)Sc3c(C)cc(C)cc3C)o2)c1. The molecule has 0 radical (unpaired) electrons. The van der Waals surface area contributed by atoms with Crippen molar-refractivity contribution < 1.29 is 4.42 Å². The molecule has 0 aliphatic rings. The van der Waals surface area contributed by atoms with Gasteiger partial charge in [-0.3, -0.25) is 0 Å². The van der Waals surface area contributed by atoms with Crippen molar-refractivity contribution in [1.82, 2.24) is 10.2 Å². The molecule has 0 aliphatic carbocycles. The fourth-order valence-corrected chi connectivity index (χ4v) is 3.91. The van der Waals surface area contributed by atoms with Gasteiger partial charge in [0, 0.05) is 10.5 Å². The van der Waals surface area contributed by atoms with E-state index in [1.165, 1.54) is 27.1 Å². The summed E-state index contributed by atoms with van der Waals surface area (Å²) in [5.41, 5.74) is 6.03. The standard InChI is InChI=1S/C20H22N2OS/c1-12-7-6-8-17(11-12)20-22-21-19(23-20)16(5)24-18-14(3)9-13(2)10-15(18)4/h6-11,16H,1-5H3/t16-/m1/s1. The predicted molar refractivity (Wildman–Crippen MR) is 99.4 cm³/mol. The molecule has 3 aromatic rings. The van der Waals surface area contributed by atoms with Crippen molar-refractivity contribution in [2.75, 3.05) is 0 Å². The summed E-state index contributed by atoms with van der Waals surface area (Å²) in [5.74, 6) is 1.24. The summed E-state index contributed by atoms with van der Waals surface area (Å²) in [6.07, 6.45) is 0. The summed E-state index contributed by atoms with van der Waals surface area (Å²) in [5, 5.41) is 8.58. The van der Waals surface area contributed by atoms with E-state index in [9.17, 15) is 0 Å². The minimum atomic E-state index is 0.108. The molecule has 0 unspecified atom stereocenters. The average Bonchev–Trinajstić information content (AvgIpc) is 3.00. The van der Waals surface area contributed by atoms with Gasteiger partial charge in [-0.1, -0.05) is 35.4 Å².